The van der Waals surface area contributed by atoms with Crippen LogP contribution in [0.4, 0.5) is 0 Å². The van der Waals surface area contributed by atoms with Crippen molar-refractivity contribution in [3.63, 3.8) is 0 Å². The highest BCUT2D eigenvalue weighted by atomic mass is 32.1. The fraction of sp³-hybridized carbons (Fsp3) is 0.0909. The van der Waals surface area contributed by atoms with E-state index in [0.717, 1.165) is 11.0 Å². The third-order valence-electron chi connectivity index (χ3n) is 1.74. The normalized spacial score (nSPS) is 9.50. The molecule has 0 aliphatic heterocycles. The van der Waals surface area contributed by atoms with E-state index in [-0.39, 0.29) is 0 Å². The van der Waals surface area contributed by atoms with E-state index in [0.29, 0.717) is 11.4 Å². The van der Waals surface area contributed by atoms with Gasteiger partial charge < -0.3 is 0 Å². The molecule has 0 N–H and O–H groups in total. The van der Waals surface area contributed by atoms with E-state index in [9.17, 15) is 0 Å². The molecular formula is C11H8N2S. The minimum absolute atomic E-state index is 0.536. The Hall–Kier alpha value is -1.53. The van der Waals surface area contributed by atoms with Crippen molar-refractivity contribution < 1.29 is 0 Å². The molecule has 0 saturated heterocycles. The summed E-state index contributed by atoms with van der Waals surface area (Å²) < 4.78 is 0. The predicted molar refractivity (Wildman–Crippen MR) is 60.3 cm³/mol. The first kappa shape index (κ1) is 9.04. The molecule has 0 radical (unpaired) electrons. The van der Waals surface area contributed by atoms with Crippen molar-refractivity contribution in [2.45, 2.75) is 0 Å². The van der Waals surface area contributed by atoms with Crippen LogP contribution in [0, 0.1) is 11.8 Å². The highest BCUT2D eigenvalue weighted by Crippen LogP contribution is 2.07. The van der Waals surface area contributed by atoms with Crippen molar-refractivity contribution in [2.24, 2.45) is 0 Å². The molecule has 0 aliphatic rings. The molecule has 3 heteroatoms. The van der Waals surface area contributed by atoms with Crippen LogP contribution < -0.4 is 0 Å². The minimum Gasteiger partial charge on any atom is -0.252 e. The van der Waals surface area contributed by atoms with E-state index in [1.807, 2.05) is 24.3 Å². The Morgan fingerprint density at radius 3 is 2.79 bits per heavy atom. The van der Waals surface area contributed by atoms with Crippen molar-refractivity contribution in [3.8, 4) is 11.8 Å². The second kappa shape index (κ2) is 4.12. The summed E-state index contributed by atoms with van der Waals surface area (Å²) in [7, 11) is 0. The van der Waals surface area contributed by atoms with E-state index >= 15 is 0 Å². The zero-order chi connectivity index (χ0) is 9.80. The average Bonchev–Trinajstić information content (AvgIpc) is 2.26. The van der Waals surface area contributed by atoms with Crippen molar-refractivity contribution in [2.75, 3.05) is 5.75 Å². The lowest BCUT2D eigenvalue weighted by Gasteiger charge is -1.95. The zero-order valence-corrected chi connectivity index (χ0v) is 8.33. The van der Waals surface area contributed by atoms with Crippen molar-refractivity contribution in [1.29, 1.82) is 0 Å². The molecule has 0 bridgehead atoms. The summed E-state index contributed by atoms with van der Waals surface area (Å²) >= 11 is 4.00. The fourth-order valence-corrected chi connectivity index (χ4v) is 1.23. The van der Waals surface area contributed by atoms with E-state index in [2.05, 4.69) is 34.4 Å². The maximum absolute atomic E-state index is 4.34. The highest BCUT2D eigenvalue weighted by molar-refractivity contribution is 7.80. The molecule has 0 amide bonds. The Bertz CT molecular complexity index is 511. The molecule has 1 aromatic carbocycles. The fourth-order valence-electron chi connectivity index (χ4n) is 1.15. The Labute approximate surface area is 87.8 Å². The van der Waals surface area contributed by atoms with Crippen LogP contribution in [0.3, 0.4) is 0 Å². The third-order valence-corrected chi connectivity index (χ3v) is 1.90. The number of rotatable bonds is 0. The number of hydrogen-bond acceptors (Lipinski definition) is 3. The van der Waals surface area contributed by atoms with Gasteiger partial charge in [0.25, 0.3) is 0 Å². The smallest absolute Gasteiger partial charge is 0.132 e. The third kappa shape index (κ3) is 1.86. The van der Waals surface area contributed by atoms with Crippen molar-refractivity contribution in [1.82, 2.24) is 9.97 Å². The summed E-state index contributed by atoms with van der Waals surface area (Å²) in [6.45, 7) is 0. The van der Waals surface area contributed by atoms with Crippen LogP contribution in [0.25, 0.3) is 11.0 Å². The number of benzene rings is 1. The van der Waals surface area contributed by atoms with Gasteiger partial charge in [0, 0.05) is 0 Å². The molecule has 14 heavy (non-hydrogen) atoms. The molecule has 0 atom stereocenters. The second-order valence-electron chi connectivity index (χ2n) is 2.70. The Morgan fingerprint density at radius 1 is 1.21 bits per heavy atom. The molecule has 2 nitrogen and oxygen atoms in total. The quantitative estimate of drug-likeness (QED) is 0.519. The molecule has 1 heterocycles. The van der Waals surface area contributed by atoms with Crippen molar-refractivity contribution in [3.05, 3.63) is 36.2 Å². The van der Waals surface area contributed by atoms with Gasteiger partial charge in [-0.05, 0) is 18.1 Å². The van der Waals surface area contributed by atoms with Crippen LogP contribution in [-0.2, 0) is 0 Å². The van der Waals surface area contributed by atoms with Gasteiger partial charge in [-0.1, -0.05) is 18.1 Å². The molecular weight excluding hydrogens is 192 g/mol. The van der Waals surface area contributed by atoms with Gasteiger partial charge in [-0.3, -0.25) is 4.98 Å². The molecule has 0 fully saturated rings. The summed E-state index contributed by atoms with van der Waals surface area (Å²) in [6.07, 6.45) is 1.68. The molecule has 0 unspecified atom stereocenters. The second-order valence-corrected chi connectivity index (χ2v) is 3.02. The summed E-state index contributed by atoms with van der Waals surface area (Å²) in [4.78, 5) is 8.59. The summed E-state index contributed by atoms with van der Waals surface area (Å²) in [5.74, 6) is 6.26. The van der Waals surface area contributed by atoms with Gasteiger partial charge in [-0.2, -0.15) is 12.6 Å². The summed E-state index contributed by atoms with van der Waals surface area (Å²) in [5.41, 5.74) is 2.46. The first-order chi connectivity index (χ1) is 6.90. The zero-order valence-electron chi connectivity index (χ0n) is 7.44. The van der Waals surface area contributed by atoms with Gasteiger partial charge >= 0.3 is 0 Å². The van der Waals surface area contributed by atoms with Crippen LogP contribution in [0.15, 0.2) is 30.5 Å². The summed E-state index contributed by atoms with van der Waals surface area (Å²) in [5, 5.41) is 0. The van der Waals surface area contributed by atoms with Crippen LogP contribution >= 0.6 is 12.6 Å². The molecule has 0 aliphatic carbocycles. The lowest BCUT2D eigenvalue weighted by molar-refractivity contribution is 1.26. The predicted octanol–water partition coefficient (Wildman–Crippen LogP) is 1.91. The van der Waals surface area contributed by atoms with Crippen LogP contribution in [0.1, 0.15) is 5.69 Å². The molecule has 68 valence electrons. The van der Waals surface area contributed by atoms with Gasteiger partial charge in [0.15, 0.2) is 0 Å². The van der Waals surface area contributed by atoms with Gasteiger partial charge in [-0.25, -0.2) is 4.98 Å². The maximum atomic E-state index is 4.34. The Morgan fingerprint density at radius 2 is 2.00 bits per heavy atom. The molecule has 0 spiro atoms. The SMILES string of the molecule is SCC#Cc1cnc2ccccc2n1. The lowest BCUT2D eigenvalue weighted by atomic mass is 10.3. The molecule has 1 aromatic heterocycles. The first-order valence-corrected chi connectivity index (χ1v) is 4.85. The van der Waals surface area contributed by atoms with Crippen molar-refractivity contribution >= 4 is 23.7 Å². The Kier molecular flexibility index (Phi) is 2.66. The van der Waals surface area contributed by atoms with Crippen LogP contribution in [-0.4, -0.2) is 15.7 Å². The molecule has 2 rings (SSSR count). The standard InChI is InChI=1S/C11H8N2S/c14-7-3-4-9-8-12-10-5-1-2-6-11(10)13-9/h1-2,5-6,8,14H,7H2. The largest absolute Gasteiger partial charge is 0.252 e. The van der Waals surface area contributed by atoms with Gasteiger partial charge in [0.05, 0.1) is 23.0 Å². The van der Waals surface area contributed by atoms with Gasteiger partial charge in [0.1, 0.15) is 5.69 Å². The van der Waals surface area contributed by atoms with Gasteiger partial charge in [-0.15, -0.1) is 0 Å². The molecule has 2 aromatic rings. The number of para-hydroxylation sites is 2. The number of aromatic nitrogens is 2. The topological polar surface area (TPSA) is 25.8 Å². The highest BCUT2D eigenvalue weighted by Gasteiger charge is 1.94. The van der Waals surface area contributed by atoms with E-state index in [1.165, 1.54) is 0 Å². The van der Waals surface area contributed by atoms with Crippen LogP contribution in [0.5, 0.6) is 0 Å². The Balaban J connectivity index is 2.51. The minimum atomic E-state index is 0.536. The number of nitrogens with zero attached hydrogens (tertiary/aromatic N) is 2. The van der Waals surface area contributed by atoms with E-state index in [1.54, 1.807) is 6.20 Å². The van der Waals surface area contributed by atoms with Crippen LogP contribution in [0.2, 0.25) is 0 Å². The number of hydrogen-bond donors (Lipinski definition) is 1. The maximum Gasteiger partial charge on any atom is 0.132 e. The average molecular weight is 200 g/mol. The van der Waals surface area contributed by atoms with E-state index < -0.39 is 0 Å². The molecule has 0 saturated carbocycles. The van der Waals surface area contributed by atoms with Gasteiger partial charge in [0.2, 0.25) is 0 Å². The monoisotopic (exact) mass is 200 g/mol. The van der Waals surface area contributed by atoms with E-state index in [4.69, 9.17) is 0 Å². The first-order valence-electron chi connectivity index (χ1n) is 4.21. The number of fused-ring (bicyclic) bond motifs is 1. The lowest BCUT2D eigenvalue weighted by Crippen LogP contribution is -1.87. The summed E-state index contributed by atoms with van der Waals surface area (Å²) in [6, 6.07) is 7.73. The number of thiol groups is 1.